The lowest BCUT2D eigenvalue weighted by atomic mass is 10.2. The van der Waals surface area contributed by atoms with Gasteiger partial charge in [0.25, 0.3) is 0 Å². The zero-order valence-electron chi connectivity index (χ0n) is 10.5. The molecular weight excluding hydrogens is 248 g/mol. The van der Waals surface area contributed by atoms with Crippen molar-refractivity contribution in [1.29, 1.82) is 0 Å². The van der Waals surface area contributed by atoms with Crippen LogP contribution in [0.15, 0.2) is 17.0 Å². The van der Waals surface area contributed by atoms with Gasteiger partial charge in [0.15, 0.2) is 0 Å². The van der Waals surface area contributed by atoms with E-state index in [0.717, 1.165) is 18.7 Å². The maximum absolute atomic E-state index is 4.30. The zero-order valence-corrected chi connectivity index (χ0v) is 12.1. The third-order valence-electron chi connectivity index (χ3n) is 2.96. The van der Waals surface area contributed by atoms with Crippen LogP contribution in [0, 0.1) is 6.92 Å². The molecule has 0 saturated carbocycles. The fraction of sp³-hybridized carbons (Fsp3) is 0.462. The first-order valence-electron chi connectivity index (χ1n) is 5.91. The molecule has 4 heteroatoms. The Hall–Kier alpha value is -0.710. The predicted octanol–water partition coefficient (Wildman–Crippen LogP) is 3.93. The number of hydrogen-bond donors (Lipinski definition) is 1. The van der Waals surface area contributed by atoms with Gasteiger partial charge in [0.2, 0.25) is 0 Å². The van der Waals surface area contributed by atoms with E-state index in [4.69, 9.17) is 0 Å². The van der Waals surface area contributed by atoms with Gasteiger partial charge < -0.3 is 5.32 Å². The highest BCUT2D eigenvalue weighted by molar-refractivity contribution is 7.10. The molecule has 2 rings (SSSR count). The summed E-state index contributed by atoms with van der Waals surface area (Å²) in [5.74, 6) is 0. The fourth-order valence-corrected chi connectivity index (χ4v) is 3.66. The first-order chi connectivity index (χ1) is 8.22. The standard InChI is InChI=1S/C13H18N2S2/c1-4-11-5-6-16-12(11)7-14-9(2)13-10(3)15-8-17-13/h5-6,8-9,14H,4,7H2,1-3H3. The number of hydrogen-bond acceptors (Lipinski definition) is 4. The van der Waals surface area contributed by atoms with Crippen molar-refractivity contribution in [1.82, 2.24) is 10.3 Å². The molecule has 0 aliphatic heterocycles. The number of aromatic nitrogens is 1. The van der Waals surface area contributed by atoms with Gasteiger partial charge in [0.1, 0.15) is 0 Å². The first kappa shape index (κ1) is 12.7. The van der Waals surface area contributed by atoms with Crippen molar-refractivity contribution in [3.63, 3.8) is 0 Å². The minimum Gasteiger partial charge on any atom is -0.304 e. The Morgan fingerprint density at radius 1 is 1.41 bits per heavy atom. The molecular formula is C13H18N2S2. The van der Waals surface area contributed by atoms with E-state index in [1.54, 1.807) is 11.3 Å². The number of nitrogens with zero attached hydrogens (tertiary/aromatic N) is 1. The van der Waals surface area contributed by atoms with E-state index in [9.17, 15) is 0 Å². The third kappa shape index (κ3) is 2.94. The maximum Gasteiger partial charge on any atom is 0.0798 e. The summed E-state index contributed by atoms with van der Waals surface area (Å²) >= 11 is 3.58. The number of thiophene rings is 1. The van der Waals surface area contributed by atoms with Crippen LogP contribution in [0.1, 0.15) is 40.9 Å². The monoisotopic (exact) mass is 266 g/mol. The Labute approximate surface area is 111 Å². The van der Waals surface area contributed by atoms with Crippen molar-refractivity contribution in [2.24, 2.45) is 0 Å². The van der Waals surface area contributed by atoms with Gasteiger partial charge in [0.05, 0.1) is 11.2 Å². The van der Waals surface area contributed by atoms with Gasteiger partial charge in [-0.2, -0.15) is 0 Å². The largest absolute Gasteiger partial charge is 0.304 e. The average molecular weight is 266 g/mol. The van der Waals surface area contributed by atoms with Crippen LogP contribution < -0.4 is 5.32 Å². The second kappa shape index (κ2) is 5.76. The minimum absolute atomic E-state index is 0.384. The second-order valence-corrected chi connectivity index (χ2v) is 6.01. The SMILES string of the molecule is CCc1ccsc1CNC(C)c1scnc1C. The van der Waals surface area contributed by atoms with E-state index in [-0.39, 0.29) is 0 Å². The number of thiazole rings is 1. The van der Waals surface area contributed by atoms with Crippen molar-refractivity contribution in [2.45, 2.75) is 39.8 Å². The van der Waals surface area contributed by atoms with Gasteiger partial charge in [-0.1, -0.05) is 6.92 Å². The summed E-state index contributed by atoms with van der Waals surface area (Å²) in [7, 11) is 0. The molecule has 2 heterocycles. The summed E-state index contributed by atoms with van der Waals surface area (Å²) in [6, 6.07) is 2.61. The lowest BCUT2D eigenvalue weighted by molar-refractivity contribution is 0.582. The smallest absolute Gasteiger partial charge is 0.0798 e. The highest BCUT2D eigenvalue weighted by Gasteiger charge is 2.11. The van der Waals surface area contributed by atoms with E-state index in [2.05, 4.69) is 42.5 Å². The highest BCUT2D eigenvalue weighted by atomic mass is 32.1. The molecule has 1 atom stereocenters. The van der Waals surface area contributed by atoms with Crippen LogP contribution in [0.25, 0.3) is 0 Å². The predicted molar refractivity (Wildman–Crippen MR) is 75.8 cm³/mol. The Balaban J connectivity index is 1.97. The molecule has 0 radical (unpaired) electrons. The van der Waals surface area contributed by atoms with E-state index in [1.807, 2.05) is 16.8 Å². The summed E-state index contributed by atoms with van der Waals surface area (Å²) in [5.41, 5.74) is 4.54. The molecule has 0 aliphatic carbocycles. The number of aryl methyl sites for hydroxylation is 2. The Morgan fingerprint density at radius 2 is 2.24 bits per heavy atom. The molecule has 2 aromatic heterocycles. The van der Waals surface area contributed by atoms with Crippen molar-refractivity contribution in [3.8, 4) is 0 Å². The van der Waals surface area contributed by atoms with Crippen molar-refractivity contribution in [2.75, 3.05) is 0 Å². The molecule has 0 aromatic carbocycles. The normalized spacial score (nSPS) is 12.9. The molecule has 2 aromatic rings. The summed E-state index contributed by atoms with van der Waals surface area (Å²) in [6.07, 6.45) is 1.12. The summed E-state index contributed by atoms with van der Waals surface area (Å²) in [4.78, 5) is 7.10. The minimum atomic E-state index is 0.384. The van der Waals surface area contributed by atoms with Crippen LogP contribution in [0.5, 0.6) is 0 Å². The molecule has 0 aliphatic rings. The van der Waals surface area contributed by atoms with Crippen LogP contribution in [-0.2, 0) is 13.0 Å². The van der Waals surface area contributed by atoms with Crippen LogP contribution in [-0.4, -0.2) is 4.98 Å². The molecule has 2 nitrogen and oxygen atoms in total. The molecule has 1 N–H and O–H groups in total. The van der Waals surface area contributed by atoms with E-state index < -0.39 is 0 Å². The average Bonchev–Trinajstić information content (AvgIpc) is 2.94. The maximum atomic E-state index is 4.30. The van der Waals surface area contributed by atoms with Gasteiger partial charge in [-0.15, -0.1) is 22.7 Å². The Kier molecular flexibility index (Phi) is 4.31. The lowest BCUT2D eigenvalue weighted by Gasteiger charge is -2.12. The van der Waals surface area contributed by atoms with E-state index >= 15 is 0 Å². The van der Waals surface area contributed by atoms with Gasteiger partial charge >= 0.3 is 0 Å². The van der Waals surface area contributed by atoms with Gasteiger partial charge in [-0.05, 0) is 37.3 Å². The Morgan fingerprint density at radius 3 is 2.88 bits per heavy atom. The Bertz CT molecular complexity index is 473. The molecule has 0 amide bonds. The summed E-state index contributed by atoms with van der Waals surface area (Å²) in [5, 5.41) is 5.76. The first-order valence-corrected chi connectivity index (χ1v) is 7.67. The molecule has 0 bridgehead atoms. The molecule has 0 saturated heterocycles. The lowest BCUT2D eigenvalue weighted by Crippen LogP contribution is -2.17. The van der Waals surface area contributed by atoms with Crippen LogP contribution in [0.2, 0.25) is 0 Å². The van der Waals surface area contributed by atoms with Crippen LogP contribution in [0.3, 0.4) is 0 Å². The number of rotatable bonds is 5. The van der Waals surface area contributed by atoms with E-state index in [0.29, 0.717) is 6.04 Å². The summed E-state index contributed by atoms with van der Waals surface area (Å²) in [6.45, 7) is 7.45. The van der Waals surface area contributed by atoms with Crippen molar-refractivity contribution < 1.29 is 0 Å². The number of nitrogens with one attached hydrogen (secondary N) is 1. The molecule has 92 valence electrons. The molecule has 17 heavy (non-hydrogen) atoms. The molecule has 0 fully saturated rings. The van der Waals surface area contributed by atoms with Crippen LogP contribution in [0.4, 0.5) is 0 Å². The van der Waals surface area contributed by atoms with Gasteiger partial charge in [0, 0.05) is 22.3 Å². The topological polar surface area (TPSA) is 24.9 Å². The van der Waals surface area contributed by atoms with Gasteiger partial charge in [-0.3, -0.25) is 0 Å². The summed E-state index contributed by atoms with van der Waals surface area (Å²) < 4.78 is 0. The molecule has 0 spiro atoms. The quantitative estimate of drug-likeness (QED) is 0.887. The second-order valence-electron chi connectivity index (χ2n) is 4.13. The van der Waals surface area contributed by atoms with Crippen molar-refractivity contribution in [3.05, 3.63) is 38.0 Å². The zero-order chi connectivity index (χ0) is 12.3. The van der Waals surface area contributed by atoms with E-state index in [1.165, 1.54) is 15.3 Å². The fourth-order valence-electron chi connectivity index (χ4n) is 1.90. The molecule has 1 unspecified atom stereocenters. The van der Waals surface area contributed by atoms with Crippen LogP contribution >= 0.6 is 22.7 Å². The highest BCUT2D eigenvalue weighted by Crippen LogP contribution is 2.23. The van der Waals surface area contributed by atoms with Gasteiger partial charge in [-0.25, -0.2) is 4.98 Å². The third-order valence-corrected chi connectivity index (χ3v) is 5.04. The van der Waals surface area contributed by atoms with Crippen molar-refractivity contribution >= 4 is 22.7 Å².